The van der Waals surface area contributed by atoms with Gasteiger partial charge >= 0.3 is 0 Å². The first-order valence-electron chi connectivity index (χ1n) is 11.0. The Morgan fingerprint density at radius 3 is 2.65 bits per heavy atom. The van der Waals surface area contributed by atoms with Crippen molar-refractivity contribution in [3.8, 4) is 0 Å². The van der Waals surface area contributed by atoms with Gasteiger partial charge in [0.1, 0.15) is 5.76 Å². The van der Waals surface area contributed by atoms with Crippen LogP contribution in [0.25, 0.3) is 0 Å². The summed E-state index contributed by atoms with van der Waals surface area (Å²) in [6, 6.07) is 14.2. The maximum absolute atomic E-state index is 12.8. The molecule has 1 amide bonds. The molecule has 3 aromatic rings. The normalized spacial score (nSPS) is 17.1. The third-order valence-corrected chi connectivity index (χ3v) is 6.85. The zero-order valence-electron chi connectivity index (χ0n) is 17.4. The van der Waals surface area contributed by atoms with E-state index < -0.39 is 0 Å². The molecular formula is C23H27N5O2S. The Hall–Kier alpha value is -2.74. The number of aromatic nitrogens is 3. The summed E-state index contributed by atoms with van der Waals surface area (Å²) in [5, 5.41) is 12.9. The zero-order chi connectivity index (χ0) is 21.0. The van der Waals surface area contributed by atoms with Gasteiger partial charge in [-0.2, -0.15) is 0 Å². The van der Waals surface area contributed by atoms with Crippen LogP contribution < -0.4 is 10.2 Å². The number of furan rings is 1. The summed E-state index contributed by atoms with van der Waals surface area (Å²) < 4.78 is 7.62. The van der Waals surface area contributed by atoms with Crippen LogP contribution in [0, 0.1) is 5.92 Å². The van der Waals surface area contributed by atoms with Gasteiger partial charge in [0.15, 0.2) is 5.16 Å². The van der Waals surface area contributed by atoms with Crippen molar-refractivity contribution in [2.75, 3.05) is 23.7 Å². The zero-order valence-corrected chi connectivity index (χ0v) is 18.3. The molecule has 5 rings (SSSR count). The van der Waals surface area contributed by atoms with Gasteiger partial charge in [0.05, 0.1) is 24.6 Å². The van der Waals surface area contributed by atoms with Crippen molar-refractivity contribution < 1.29 is 9.21 Å². The number of benzene rings is 1. The minimum atomic E-state index is 0.0287. The highest BCUT2D eigenvalue weighted by Crippen LogP contribution is 2.41. The van der Waals surface area contributed by atoms with Crippen molar-refractivity contribution in [2.45, 2.75) is 43.4 Å². The van der Waals surface area contributed by atoms with Gasteiger partial charge in [0, 0.05) is 13.1 Å². The first-order chi connectivity index (χ1) is 15.3. The van der Waals surface area contributed by atoms with Gasteiger partial charge in [-0.25, -0.2) is 0 Å². The molecule has 1 atom stereocenters. The Labute approximate surface area is 186 Å². The maximum atomic E-state index is 12.8. The summed E-state index contributed by atoms with van der Waals surface area (Å²) >= 11 is 1.43. The minimum Gasteiger partial charge on any atom is -0.467 e. The fraction of sp³-hybridized carbons (Fsp3) is 0.435. The van der Waals surface area contributed by atoms with Gasteiger partial charge in [0.25, 0.3) is 0 Å². The van der Waals surface area contributed by atoms with E-state index in [1.807, 2.05) is 30.3 Å². The van der Waals surface area contributed by atoms with Crippen LogP contribution in [0.3, 0.4) is 0 Å². The Morgan fingerprint density at radius 2 is 1.94 bits per heavy atom. The number of amides is 1. The SMILES string of the molecule is O=C(CSc1nnc(N2CCCC2)n1Cc1ccco1)NC(c1ccccc1)C1CC1. The van der Waals surface area contributed by atoms with Crippen molar-refractivity contribution in [3.63, 3.8) is 0 Å². The first-order valence-corrected chi connectivity index (χ1v) is 11.9. The molecule has 0 radical (unpaired) electrons. The molecule has 1 unspecified atom stereocenters. The van der Waals surface area contributed by atoms with E-state index in [2.05, 4.69) is 37.1 Å². The van der Waals surface area contributed by atoms with Crippen molar-refractivity contribution in [1.29, 1.82) is 0 Å². The maximum Gasteiger partial charge on any atom is 0.230 e. The van der Waals surface area contributed by atoms with Crippen LogP contribution >= 0.6 is 11.8 Å². The van der Waals surface area contributed by atoms with Crippen LogP contribution in [0.15, 0.2) is 58.3 Å². The molecular weight excluding hydrogens is 410 g/mol. The lowest BCUT2D eigenvalue weighted by Gasteiger charge is -2.19. The van der Waals surface area contributed by atoms with Gasteiger partial charge in [-0.1, -0.05) is 42.1 Å². The number of hydrogen-bond acceptors (Lipinski definition) is 6. The van der Waals surface area contributed by atoms with Crippen molar-refractivity contribution >= 4 is 23.6 Å². The van der Waals surface area contributed by atoms with Crippen LogP contribution in [0.2, 0.25) is 0 Å². The highest BCUT2D eigenvalue weighted by atomic mass is 32.2. The quantitative estimate of drug-likeness (QED) is 0.512. The Bertz CT molecular complexity index is 994. The molecule has 1 N–H and O–H groups in total. The molecule has 1 aromatic carbocycles. The Balaban J connectivity index is 1.27. The van der Waals surface area contributed by atoms with Gasteiger partial charge < -0.3 is 14.6 Å². The van der Waals surface area contributed by atoms with Crippen molar-refractivity contribution in [1.82, 2.24) is 20.1 Å². The number of nitrogens with one attached hydrogen (secondary N) is 1. The highest BCUT2D eigenvalue weighted by Gasteiger charge is 2.33. The molecule has 2 aromatic heterocycles. The lowest BCUT2D eigenvalue weighted by atomic mass is 10.0. The van der Waals surface area contributed by atoms with E-state index >= 15 is 0 Å². The third kappa shape index (κ3) is 4.79. The predicted octanol–water partition coefficient (Wildman–Crippen LogP) is 3.88. The smallest absolute Gasteiger partial charge is 0.230 e. The molecule has 0 spiro atoms. The van der Waals surface area contributed by atoms with E-state index in [1.165, 1.54) is 43.0 Å². The van der Waals surface area contributed by atoms with E-state index in [9.17, 15) is 4.79 Å². The van der Waals surface area contributed by atoms with E-state index in [-0.39, 0.29) is 11.9 Å². The van der Waals surface area contributed by atoms with E-state index in [0.717, 1.165) is 30.0 Å². The number of carbonyl (C=O) groups excluding carboxylic acids is 1. The van der Waals surface area contributed by atoms with Crippen LogP contribution in [0.1, 0.15) is 43.0 Å². The van der Waals surface area contributed by atoms with E-state index in [1.54, 1.807) is 6.26 Å². The van der Waals surface area contributed by atoms with Crippen molar-refractivity contribution in [3.05, 3.63) is 60.1 Å². The standard InChI is InChI=1S/C23H27N5O2S/c29-20(24-21(18-10-11-18)17-7-2-1-3-8-17)16-31-23-26-25-22(27-12-4-5-13-27)28(23)15-19-9-6-14-30-19/h1-3,6-9,14,18,21H,4-5,10-13,15-16H2,(H,24,29). The summed E-state index contributed by atoms with van der Waals surface area (Å²) in [4.78, 5) is 15.1. The Kier molecular flexibility index (Phi) is 5.97. The molecule has 31 heavy (non-hydrogen) atoms. The second kappa shape index (κ2) is 9.18. The van der Waals surface area contributed by atoms with Gasteiger partial charge in [-0.05, 0) is 49.3 Å². The Morgan fingerprint density at radius 1 is 1.13 bits per heavy atom. The number of nitrogens with zero attached hydrogens (tertiary/aromatic N) is 4. The number of thioether (sulfide) groups is 1. The van der Waals surface area contributed by atoms with Gasteiger partial charge in [-0.15, -0.1) is 10.2 Å². The highest BCUT2D eigenvalue weighted by molar-refractivity contribution is 7.99. The summed E-state index contributed by atoms with van der Waals surface area (Å²) in [7, 11) is 0. The monoisotopic (exact) mass is 437 g/mol. The number of carbonyl (C=O) groups is 1. The minimum absolute atomic E-state index is 0.0287. The molecule has 1 aliphatic heterocycles. The number of rotatable bonds is 9. The topological polar surface area (TPSA) is 76.2 Å². The van der Waals surface area contributed by atoms with Crippen LogP contribution in [-0.4, -0.2) is 39.5 Å². The summed E-state index contributed by atoms with van der Waals surface area (Å²) in [6.45, 7) is 2.54. The van der Waals surface area contributed by atoms with Crippen LogP contribution in [0.4, 0.5) is 5.95 Å². The lowest BCUT2D eigenvalue weighted by Crippen LogP contribution is -2.31. The first kappa shape index (κ1) is 20.2. The average molecular weight is 438 g/mol. The lowest BCUT2D eigenvalue weighted by molar-refractivity contribution is -0.119. The van der Waals surface area contributed by atoms with E-state index in [0.29, 0.717) is 18.2 Å². The van der Waals surface area contributed by atoms with Gasteiger partial charge in [-0.3, -0.25) is 9.36 Å². The molecule has 0 bridgehead atoms. The molecule has 2 aliphatic rings. The fourth-order valence-corrected chi connectivity index (χ4v) is 4.89. The summed E-state index contributed by atoms with van der Waals surface area (Å²) in [6.07, 6.45) is 6.35. The molecule has 8 heteroatoms. The largest absolute Gasteiger partial charge is 0.467 e. The van der Waals surface area contributed by atoms with Crippen molar-refractivity contribution in [2.24, 2.45) is 5.92 Å². The average Bonchev–Trinajstić information content (AvgIpc) is 3.17. The number of anilines is 1. The second-order valence-corrected chi connectivity index (χ2v) is 9.17. The molecule has 7 nitrogen and oxygen atoms in total. The molecule has 1 saturated carbocycles. The van der Waals surface area contributed by atoms with Crippen LogP contribution in [-0.2, 0) is 11.3 Å². The fourth-order valence-electron chi connectivity index (χ4n) is 4.14. The third-order valence-electron chi connectivity index (χ3n) is 5.88. The van der Waals surface area contributed by atoms with Crippen LogP contribution in [0.5, 0.6) is 0 Å². The summed E-state index contributed by atoms with van der Waals surface area (Å²) in [5.74, 6) is 2.59. The molecule has 1 saturated heterocycles. The molecule has 162 valence electrons. The number of hydrogen-bond donors (Lipinski definition) is 1. The van der Waals surface area contributed by atoms with Gasteiger partial charge in [0.2, 0.25) is 11.9 Å². The second-order valence-electron chi connectivity index (χ2n) is 8.22. The molecule has 2 fully saturated rings. The molecule has 1 aliphatic carbocycles. The summed E-state index contributed by atoms with van der Waals surface area (Å²) in [5.41, 5.74) is 1.18. The predicted molar refractivity (Wildman–Crippen MR) is 120 cm³/mol. The van der Waals surface area contributed by atoms with E-state index in [4.69, 9.17) is 4.42 Å². The molecule has 3 heterocycles.